The van der Waals surface area contributed by atoms with E-state index >= 15 is 0 Å². The van der Waals surface area contributed by atoms with Crippen LogP contribution in [0.2, 0.25) is 0 Å². The molecule has 2 fully saturated rings. The Morgan fingerprint density at radius 3 is 2.58 bits per heavy atom. The number of hydrogen-bond acceptors (Lipinski definition) is 4. The van der Waals surface area contributed by atoms with Gasteiger partial charge >= 0.3 is 0 Å². The molecule has 7 heteroatoms. The molecule has 36 heavy (non-hydrogen) atoms. The van der Waals surface area contributed by atoms with E-state index in [2.05, 4.69) is 17.1 Å². The van der Waals surface area contributed by atoms with Gasteiger partial charge in [0.05, 0.1) is 17.8 Å². The minimum absolute atomic E-state index is 0.0318. The fourth-order valence-corrected chi connectivity index (χ4v) is 5.79. The first-order valence-corrected chi connectivity index (χ1v) is 13.4. The summed E-state index contributed by atoms with van der Waals surface area (Å²) >= 11 is 0. The van der Waals surface area contributed by atoms with E-state index in [-0.39, 0.29) is 17.7 Å². The second-order valence-electron chi connectivity index (χ2n) is 10.3. The van der Waals surface area contributed by atoms with Crippen molar-refractivity contribution in [2.75, 3.05) is 31.1 Å². The summed E-state index contributed by atoms with van der Waals surface area (Å²) in [4.78, 5) is 45.2. The first-order chi connectivity index (χ1) is 17.5. The lowest BCUT2D eigenvalue weighted by atomic mass is 10.0. The number of nitrogens with one attached hydrogen (secondary N) is 1. The zero-order valence-electron chi connectivity index (χ0n) is 21.1. The van der Waals surface area contributed by atoms with Crippen molar-refractivity contribution in [1.82, 2.24) is 15.1 Å². The lowest BCUT2D eigenvalue weighted by molar-refractivity contribution is -0.122. The van der Waals surface area contributed by atoms with Crippen molar-refractivity contribution in [3.8, 4) is 0 Å². The first-order valence-electron chi connectivity index (χ1n) is 13.4. The number of nitrogens with zero attached hydrogens (tertiary/aromatic N) is 3. The molecule has 2 aromatic rings. The Morgan fingerprint density at radius 1 is 0.972 bits per heavy atom. The highest BCUT2D eigenvalue weighted by molar-refractivity contribution is 6.11. The van der Waals surface area contributed by atoms with Crippen LogP contribution < -0.4 is 10.2 Å². The Hall–Kier alpha value is -3.19. The molecule has 3 heterocycles. The summed E-state index contributed by atoms with van der Waals surface area (Å²) in [6.07, 6.45) is 6.35. The van der Waals surface area contributed by atoms with E-state index < -0.39 is 6.04 Å². The Bertz CT molecular complexity index is 1120. The lowest BCUT2D eigenvalue weighted by Crippen LogP contribution is -2.44. The topological polar surface area (TPSA) is 73.0 Å². The summed E-state index contributed by atoms with van der Waals surface area (Å²) in [5.41, 5.74) is 2.77. The fourth-order valence-electron chi connectivity index (χ4n) is 5.79. The number of rotatable bonds is 7. The van der Waals surface area contributed by atoms with Gasteiger partial charge < -0.3 is 20.0 Å². The van der Waals surface area contributed by atoms with Gasteiger partial charge in [-0.1, -0.05) is 30.7 Å². The maximum absolute atomic E-state index is 13.5. The minimum atomic E-state index is -0.400. The van der Waals surface area contributed by atoms with Crippen molar-refractivity contribution in [2.24, 2.45) is 0 Å². The van der Waals surface area contributed by atoms with Gasteiger partial charge in [-0.2, -0.15) is 0 Å². The van der Waals surface area contributed by atoms with E-state index in [1.807, 2.05) is 42.5 Å². The second kappa shape index (κ2) is 10.8. The maximum atomic E-state index is 13.5. The molecule has 0 spiro atoms. The Morgan fingerprint density at radius 2 is 1.78 bits per heavy atom. The maximum Gasteiger partial charge on any atom is 0.256 e. The smallest absolute Gasteiger partial charge is 0.256 e. The van der Waals surface area contributed by atoms with E-state index in [1.165, 1.54) is 19.3 Å². The van der Waals surface area contributed by atoms with Crippen molar-refractivity contribution in [1.29, 1.82) is 0 Å². The normalized spacial score (nSPS) is 22.2. The number of carbonyl (C=O) groups is 3. The molecule has 0 unspecified atom stereocenters. The lowest BCUT2D eigenvalue weighted by Gasteiger charge is -2.33. The molecule has 190 valence electrons. The van der Waals surface area contributed by atoms with E-state index in [9.17, 15) is 14.4 Å². The summed E-state index contributed by atoms with van der Waals surface area (Å²) in [5, 5.41) is 3.04. The monoisotopic (exact) mass is 488 g/mol. The molecule has 3 amide bonds. The number of piperidine rings is 1. The van der Waals surface area contributed by atoms with Crippen molar-refractivity contribution in [2.45, 2.75) is 64.1 Å². The quantitative estimate of drug-likeness (QED) is 0.602. The molecular weight excluding hydrogens is 452 g/mol. The Balaban J connectivity index is 1.21. The highest BCUT2D eigenvalue weighted by Crippen LogP contribution is 2.33. The van der Waals surface area contributed by atoms with Gasteiger partial charge in [0.15, 0.2) is 0 Å². The Labute approximate surface area is 213 Å². The molecule has 0 saturated carbocycles. The number of fused-ring (bicyclic) bond motifs is 2. The van der Waals surface area contributed by atoms with Crippen LogP contribution in [0.1, 0.15) is 71.7 Å². The predicted molar refractivity (Wildman–Crippen MR) is 140 cm³/mol. The highest BCUT2D eigenvalue weighted by Gasteiger charge is 2.41. The van der Waals surface area contributed by atoms with Crippen LogP contribution >= 0.6 is 0 Å². The van der Waals surface area contributed by atoms with Gasteiger partial charge in [-0.05, 0) is 75.4 Å². The molecule has 0 radical (unpaired) electrons. The van der Waals surface area contributed by atoms with E-state index in [0.29, 0.717) is 48.9 Å². The standard InChI is InChI=1S/C29H36N4O3/c1-21-8-4-5-17-31(21)18-7-16-30-27(34)23-14-12-22(13-15-23)20-33-25-10-3-2-9-24(25)28(35)32-19-6-11-26(32)29(33)36/h2-3,9-10,12-15,21,26H,4-8,11,16-20H2,1H3,(H,30,34)/t21-,26-/m1/s1. The second-order valence-corrected chi connectivity index (χ2v) is 10.3. The van der Waals surface area contributed by atoms with Crippen LogP contribution in [0, 0.1) is 0 Å². The molecule has 5 rings (SSSR count). The van der Waals surface area contributed by atoms with Crippen LogP contribution in [0.15, 0.2) is 48.5 Å². The molecule has 3 aliphatic heterocycles. The molecule has 1 N–H and O–H groups in total. The zero-order valence-corrected chi connectivity index (χ0v) is 21.1. The molecule has 7 nitrogen and oxygen atoms in total. The van der Waals surface area contributed by atoms with Crippen LogP contribution in [-0.4, -0.2) is 65.8 Å². The number of anilines is 1. The van der Waals surface area contributed by atoms with Crippen LogP contribution in [0.25, 0.3) is 0 Å². The number of para-hydroxylation sites is 1. The molecule has 0 aliphatic carbocycles. The van der Waals surface area contributed by atoms with E-state index in [1.54, 1.807) is 15.9 Å². The van der Waals surface area contributed by atoms with Crippen LogP contribution in [0.4, 0.5) is 5.69 Å². The largest absolute Gasteiger partial charge is 0.352 e. The predicted octanol–water partition coefficient (Wildman–Crippen LogP) is 3.83. The zero-order chi connectivity index (χ0) is 25.1. The SMILES string of the molecule is C[C@@H]1CCCCN1CCCNC(=O)c1ccc(CN2C(=O)[C@H]3CCCN3C(=O)c3ccccc32)cc1. The first kappa shape index (κ1) is 24.5. The fraction of sp³-hybridized carbons (Fsp3) is 0.483. The summed E-state index contributed by atoms with van der Waals surface area (Å²) in [5.74, 6) is -0.169. The van der Waals surface area contributed by atoms with E-state index in [4.69, 9.17) is 0 Å². The Kier molecular flexibility index (Phi) is 7.37. The van der Waals surface area contributed by atoms with Crippen molar-refractivity contribution < 1.29 is 14.4 Å². The highest BCUT2D eigenvalue weighted by atomic mass is 16.2. The summed E-state index contributed by atoms with van der Waals surface area (Å²) in [7, 11) is 0. The molecule has 2 saturated heterocycles. The van der Waals surface area contributed by atoms with Gasteiger partial charge in [0.25, 0.3) is 11.8 Å². The number of hydrogen-bond donors (Lipinski definition) is 1. The van der Waals surface area contributed by atoms with Crippen LogP contribution in [0.3, 0.4) is 0 Å². The summed E-state index contributed by atoms with van der Waals surface area (Å²) < 4.78 is 0. The molecule has 2 aromatic carbocycles. The van der Waals surface area contributed by atoms with Gasteiger partial charge in [-0.15, -0.1) is 0 Å². The molecular formula is C29H36N4O3. The average Bonchev–Trinajstić information content (AvgIpc) is 3.38. The summed E-state index contributed by atoms with van der Waals surface area (Å²) in [6, 6.07) is 15.0. The molecule has 3 aliphatic rings. The number of amides is 3. The third kappa shape index (κ3) is 5.03. The van der Waals surface area contributed by atoms with Crippen molar-refractivity contribution in [3.05, 3.63) is 65.2 Å². The van der Waals surface area contributed by atoms with Gasteiger partial charge in [0, 0.05) is 31.2 Å². The molecule has 0 bridgehead atoms. The number of likely N-dealkylation sites (tertiary alicyclic amines) is 1. The minimum Gasteiger partial charge on any atom is -0.352 e. The van der Waals surface area contributed by atoms with Gasteiger partial charge in [0.2, 0.25) is 5.91 Å². The average molecular weight is 489 g/mol. The molecule has 0 aromatic heterocycles. The third-order valence-electron chi connectivity index (χ3n) is 7.90. The van der Waals surface area contributed by atoms with Gasteiger partial charge in [-0.25, -0.2) is 0 Å². The van der Waals surface area contributed by atoms with Crippen molar-refractivity contribution in [3.63, 3.8) is 0 Å². The summed E-state index contributed by atoms with van der Waals surface area (Å²) in [6.45, 7) is 6.12. The molecule has 2 atom stereocenters. The van der Waals surface area contributed by atoms with Gasteiger partial charge in [0.1, 0.15) is 6.04 Å². The van der Waals surface area contributed by atoms with E-state index in [0.717, 1.165) is 31.5 Å². The van der Waals surface area contributed by atoms with Gasteiger partial charge in [-0.3, -0.25) is 14.4 Å². The number of benzene rings is 2. The number of carbonyl (C=O) groups excluding carboxylic acids is 3. The van der Waals surface area contributed by atoms with Crippen LogP contribution in [-0.2, 0) is 11.3 Å². The third-order valence-corrected chi connectivity index (χ3v) is 7.90. The van der Waals surface area contributed by atoms with Crippen LogP contribution in [0.5, 0.6) is 0 Å². The van der Waals surface area contributed by atoms with Crippen molar-refractivity contribution >= 4 is 23.4 Å².